The second kappa shape index (κ2) is 9.38. The number of hydrogen-bond acceptors (Lipinski definition) is 5. The summed E-state index contributed by atoms with van der Waals surface area (Å²) in [7, 11) is 1.06. The molecule has 5 nitrogen and oxygen atoms in total. The normalized spacial score (nSPS) is 13.5. The van der Waals surface area contributed by atoms with E-state index in [1.165, 1.54) is 42.5 Å². The molecule has 0 bridgehead atoms. The Labute approximate surface area is 160 Å². The number of benzene rings is 2. The molecule has 0 aromatic heterocycles. The zero-order valence-electron chi connectivity index (χ0n) is 14.9. The van der Waals surface area contributed by atoms with Crippen LogP contribution in [0.1, 0.15) is 29.4 Å². The molecule has 2 rings (SSSR count). The van der Waals surface area contributed by atoms with E-state index in [0.717, 1.165) is 7.11 Å². The van der Waals surface area contributed by atoms with E-state index in [1.807, 2.05) is 0 Å². The minimum atomic E-state index is -1.64. The number of carbonyl (C=O) groups is 2. The van der Waals surface area contributed by atoms with Gasteiger partial charge < -0.3 is 4.74 Å². The van der Waals surface area contributed by atoms with Crippen LogP contribution in [0.5, 0.6) is 0 Å². The molecule has 2 aromatic carbocycles. The molecule has 0 aliphatic heterocycles. The molecule has 0 amide bonds. The molecule has 0 fully saturated rings. The van der Waals surface area contributed by atoms with Crippen LogP contribution < -0.4 is 0 Å². The molecule has 0 saturated heterocycles. The first kappa shape index (κ1) is 20.7. The van der Waals surface area contributed by atoms with Gasteiger partial charge in [-0.3, -0.25) is 9.59 Å². The largest absolute Gasteiger partial charge is 0.468 e. The highest BCUT2D eigenvalue weighted by Crippen LogP contribution is 2.36. The van der Waals surface area contributed by atoms with Crippen LogP contribution in [0.3, 0.4) is 0 Å². The van der Waals surface area contributed by atoms with E-state index < -0.39 is 41.1 Å². The number of rotatable bonds is 7. The van der Waals surface area contributed by atoms with Crippen LogP contribution in [0, 0.1) is 40.2 Å². The van der Waals surface area contributed by atoms with Gasteiger partial charge >= 0.3 is 5.97 Å². The molecule has 0 aliphatic rings. The van der Waals surface area contributed by atoms with Crippen LogP contribution in [0.2, 0.25) is 0 Å². The summed E-state index contributed by atoms with van der Waals surface area (Å²) in [5, 5.41) is 18.8. The lowest BCUT2D eigenvalue weighted by molar-refractivity contribution is -0.147. The highest BCUT2D eigenvalue weighted by atomic mass is 19.1. The highest BCUT2D eigenvalue weighted by molar-refractivity contribution is 6.02. The Balaban J connectivity index is 2.46. The standard InChI is InChI=1S/C21H16F2N2O3/c1-28-21(27)19(12-25)20(26)10-17(13-5-7-15(22)8-6-13)18(11-24)14-3-2-4-16(23)9-14/h2-9,17-19H,10H2,1H3. The van der Waals surface area contributed by atoms with E-state index in [-0.39, 0.29) is 6.42 Å². The molecular weight excluding hydrogens is 366 g/mol. The molecule has 3 unspecified atom stereocenters. The average molecular weight is 382 g/mol. The highest BCUT2D eigenvalue weighted by Gasteiger charge is 2.33. The number of esters is 1. The van der Waals surface area contributed by atoms with Gasteiger partial charge in [-0.2, -0.15) is 10.5 Å². The molecule has 0 saturated carbocycles. The lowest BCUT2D eigenvalue weighted by Crippen LogP contribution is -2.26. The van der Waals surface area contributed by atoms with Crippen molar-refractivity contribution in [3.8, 4) is 12.1 Å². The van der Waals surface area contributed by atoms with E-state index in [9.17, 15) is 23.6 Å². The number of methoxy groups -OCH3 is 1. The summed E-state index contributed by atoms with van der Waals surface area (Å²) in [6.07, 6.45) is -0.353. The van der Waals surface area contributed by atoms with Crippen LogP contribution in [0.25, 0.3) is 0 Å². The number of Topliss-reactive ketones (excluding diaryl/α,β-unsaturated/α-hetero) is 1. The third kappa shape index (κ3) is 4.77. The smallest absolute Gasteiger partial charge is 0.330 e. The first-order chi connectivity index (χ1) is 13.4. The maximum atomic E-state index is 13.6. The predicted octanol–water partition coefficient (Wildman–Crippen LogP) is 3.63. The second-order valence-corrected chi connectivity index (χ2v) is 6.08. The Bertz CT molecular complexity index is 945. The molecule has 2 aromatic rings. The van der Waals surface area contributed by atoms with Crippen molar-refractivity contribution in [3.63, 3.8) is 0 Å². The van der Waals surface area contributed by atoms with E-state index >= 15 is 0 Å². The fourth-order valence-corrected chi connectivity index (χ4v) is 2.94. The van der Waals surface area contributed by atoms with Crippen LogP contribution in [0.4, 0.5) is 8.78 Å². The monoisotopic (exact) mass is 382 g/mol. The molecule has 0 spiro atoms. The Hall–Kier alpha value is -3.58. The van der Waals surface area contributed by atoms with Gasteiger partial charge in [0.1, 0.15) is 11.6 Å². The number of nitriles is 2. The Morgan fingerprint density at radius 1 is 1.00 bits per heavy atom. The molecule has 3 atom stereocenters. The third-order valence-corrected chi connectivity index (χ3v) is 4.36. The average Bonchev–Trinajstić information content (AvgIpc) is 2.69. The maximum absolute atomic E-state index is 13.6. The fourth-order valence-electron chi connectivity index (χ4n) is 2.94. The Morgan fingerprint density at radius 3 is 2.21 bits per heavy atom. The lowest BCUT2D eigenvalue weighted by atomic mass is 9.78. The van der Waals surface area contributed by atoms with Gasteiger partial charge in [0, 0.05) is 12.3 Å². The summed E-state index contributed by atoms with van der Waals surface area (Å²) in [5.74, 6) is -6.20. The number of nitrogens with zero attached hydrogens (tertiary/aromatic N) is 2. The van der Waals surface area contributed by atoms with Gasteiger partial charge in [-0.1, -0.05) is 24.3 Å². The quantitative estimate of drug-likeness (QED) is 0.539. The minimum Gasteiger partial charge on any atom is -0.468 e. The molecule has 0 radical (unpaired) electrons. The van der Waals surface area contributed by atoms with Gasteiger partial charge in [0.05, 0.1) is 25.2 Å². The summed E-state index contributed by atoms with van der Waals surface area (Å²) in [6.45, 7) is 0. The fraction of sp³-hybridized carbons (Fsp3) is 0.238. The Morgan fingerprint density at radius 2 is 1.68 bits per heavy atom. The van der Waals surface area contributed by atoms with Crippen LogP contribution in [0.15, 0.2) is 48.5 Å². The van der Waals surface area contributed by atoms with Gasteiger partial charge in [-0.05, 0) is 35.4 Å². The maximum Gasteiger partial charge on any atom is 0.330 e. The van der Waals surface area contributed by atoms with Crippen LogP contribution in [-0.4, -0.2) is 18.9 Å². The van der Waals surface area contributed by atoms with Crippen molar-refractivity contribution in [2.75, 3.05) is 7.11 Å². The summed E-state index contributed by atoms with van der Waals surface area (Å²) in [6, 6.07) is 14.2. The van der Waals surface area contributed by atoms with E-state index in [0.29, 0.717) is 11.1 Å². The zero-order chi connectivity index (χ0) is 20.7. The topological polar surface area (TPSA) is 90.9 Å². The van der Waals surface area contributed by atoms with Crippen molar-refractivity contribution in [1.29, 1.82) is 10.5 Å². The van der Waals surface area contributed by atoms with Crippen molar-refractivity contribution in [2.45, 2.75) is 18.3 Å². The SMILES string of the molecule is COC(=O)C(C#N)C(=O)CC(c1ccc(F)cc1)C(C#N)c1cccc(F)c1. The number of hydrogen-bond donors (Lipinski definition) is 0. The number of halogens is 2. The first-order valence-corrected chi connectivity index (χ1v) is 8.32. The van der Waals surface area contributed by atoms with Crippen molar-refractivity contribution in [3.05, 3.63) is 71.3 Å². The molecule has 7 heteroatoms. The van der Waals surface area contributed by atoms with Gasteiger partial charge in [-0.25, -0.2) is 8.78 Å². The molecule has 142 valence electrons. The lowest BCUT2D eigenvalue weighted by Gasteiger charge is -2.23. The number of ketones is 1. The molecule has 28 heavy (non-hydrogen) atoms. The predicted molar refractivity (Wildman–Crippen MR) is 94.6 cm³/mol. The van der Waals surface area contributed by atoms with Crippen molar-refractivity contribution < 1.29 is 23.1 Å². The molecule has 0 aliphatic carbocycles. The van der Waals surface area contributed by atoms with E-state index in [1.54, 1.807) is 12.1 Å². The molecular formula is C21H16F2N2O3. The summed E-state index contributed by atoms with van der Waals surface area (Å²) >= 11 is 0. The first-order valence-electron chi connectivity index (χ1n) is 8.32. The van der Waals surface area contributed by atoms with Gasteiger partial charge in [0.2, 0.25) is 5.92 Å². The third-order valence-electron chi connectivity index (χ3n) is 4.36. The van der Waals surface area contributed by atoms with Crippen molar-refractivity contribution >= 4 is 11.8 Å². The van der Waals surface area contributed by atoms with Crippen molar-refractivity contribution in [1.82, 2.24) is 0 Å². The van der Waals surface area contributed by atoms with E-state index in [4.69, 9.17) is 5.26 Å². The van der Waals surface area contributed by atoms with Crippen LogP contribution in [-0.2, 0) is 14.3 Å². The summed E-state index contributed by atoms with van der Waals surface area (Å²) in [4.78, 5) is 24.2. The number of ether oxygens (including phenoxy) is 1. The van der Waals surface area contributed by atoms with E-state index in [2.05, 4.69) is 10.8 Å². The second-order valence-electron chi connectivity index (χ2n) is 6.08. The minimum absolute atomic E-state index is 0.330. The van der Waals surface area contributed by atoms with Gasteiger partial charge in [0.15, 0.2) is 5.78 Å². The molecule has 0 N–H and O–H groups in total. The molecule has 0 heterocycles. The Kier molecular flexibility index (Phi) is 6.95. The van der Waals surface area contributed by atoms with Crippen LogP contribution >= 0.6 is 0 Å². The summed E-state index contributed by atoms with van der Waals surface area (Å²) < 4.78 is 31.4. The van der Waals surface area contributed by atoms with Gasteiger partial charge in [-0.15, -0.1) is 0 Å². The zero-order valence-corrected chi connectivity index (χ0v) is 14.9. The number of carbonyl (C=O) groups excluding carboxylic acids is 2. The van der Waals surface area contributed by atoms with Crippen molar-refractivity contribution in [2.24, 2.45) is 5.92 Å². The van der Waals surface area contributed by atoms with Gasteiger partial charge in [0.25, 0.3) is 0 Å². The summed E-state index contributed by atoms with van der Waals surface area (Å²) in [5.41, 5.74) is 0.781.